The van der Waals surface area contributed by atoms with Crippen LogP contribution in [0.1, 0.15) is 81.1 Å². The Labute approximate surface area is 316 Å². The number of aromatic nitrogens is 4. The van der Waals surface area contributed by atoms with Crippen molar-refractivity contribution in [2.24, 2.45) is 0 Å². The number of rotatable bonds is 15. The zero-order valence-electron chi connectivity index (χ0n) is 31.0. The molecule has 1 unspecified atom stereocenters. The monoisotopic (exact) mass is 760 g/mol. The van der Waals surface area contributed by atoms with Crippen molar-refractivity contribution < 1.29 is 36.1 Å². The van der Waals surface area contributed by atoms with Crippen LogP contribution in [-0.2, 0) is 32.7 Å². The van der Waals surface area contributed by atoms with E-state index in [1.807, 2.05) is 119 Å². The van der Waals surface area contributed by atoms with Gasteiger partial charge < -0.3 is 14.6 Å². The molecular weight excluding hydrogens is 718 g/mol. The summed E-state index contributed by atoms with van der Waals surface area (Å²) in [5.74, 6) is -11.1. The molecule has 1 aromatic heterocycles. The molecule has 1 saturated heterocycles. The smallest absolute Gasteiger partial charge is 0.403 e. The van der Waals surface area contributed by atoms with Crippen molar-refractivity contribution in [3.63, 3.8) is 0 Å². The second kappa shape index (κ2) is 16.4. The van der Waals surface area contributed by atoms with Crippen LogP contribution in [0.5, 0.6) is 0 Å². The number of tetrazole rings is 1. The second-order valence-electron chi connectivity index (χ2n) is 14.5. The fourth-order valence-electron chi connectivity index (χ4n) is 6.84. The maximum atomic E-state index is 14.4. The summed E-state index contributed by atoms with van der Waals surface area (Å²) in [6.45, 7) is 6.54. The highest BCUT2D eigenvalue weighted by atomic mass is 19.2. The van der Waals surface area contributed by atoms with Gasteiger partial charge in [-0.05, 0) is 67.6 Å². The first kappa shape index (κ1) is 39.7. The zero-order chi connectivity index (χ0) is 39.4. The number of unbranched alkanes of at least 4 members (excludes halogenated alkanes) is 1. The Morgan fingerprint density at radius 2 is 1.22 bits per heavy atom. The minimum atomic E-state index is -2.28. The number of nitrogens with one attached hydrogen (secondary N) is 2. The van der Waals surface area contributed by atoms with E-state index in [-0.39, 0.29) is 12.9 Å². The molecule has 288 valence electrons. The SMILES string of the molecule is CC1(C)OB(CCCCC(NC(c2ccccc2)(c2ccccc2)c2ccccc2)c2nnnn2CC(=O)NCc2c(F)c(F)c(F)c(F)c2F)OC1(C)C. The number of halogens is 5. The van der Waals surface area contributed by atoms with E-state index in [4.69, 9.17) is 9.31 Å². The van der Waals surface area contributed by atoms with Crippen LogP contribution in [0.25, 0.3) is 0 Å². The average Bonchev–Trinajstić information content (AvgIpc) is 3.72. The lowest BCUT2D eigenvalue weighted by Gasteiger charge is -2.40. The molecular formula is C40H42BF5N6O3. The number of hydrogen-bond acceptors (Lipinski definition) is 7. The third-order valence-corrected chi connectivity index (χ3v) is 10.4. The van der Waals surface area contributed by atoms with E-state index in [0.29, 0.717) is 25.6 Å². The van der Waals surface area contributed by atoms with Gasteiger partial charge in [0.15, 0.2) is 29.1 Å². The van der Waals surface area contributed by atoms with Gasteiger partial charge in [-0.25, -0.2) is 26.6 Å². The van der Waals surface area contributed by atoms with Crippen molar-refractivity contribution in [1.29, 1.82) is 0 Å². The maximum Gasteiger partial charge on any atom is 0.457 e. The molecule has 1 aliphatic rings. The molecule has 1 atom stereocenters. The summed E-state index contributed by atoms with van der Waals surface area (Å²) in [6.07, 6.45) is 2.50. The van der Waals surface area contributed by atoms with Crippen molar-refractivity contribution in [1.82, 2.24) is 30.8 Å². The summed E-state index contributed by atoms with van der Waals surface area (Å²) in [5.41, 5.74) is -0.284. The molecule has 0 saturated carbocycles. The minimum absolute atomic E-state index is 0.286. The fraction of sp³-hybridized carbons (Fsp3) is 0.350. The molecule has 1 fully saturated rings. The van der Waals surface area contributed by atoms with Crippen molar-refractivity contribution in [3.05, 3.63) is 148 Å². The predicted molar refractivity (Wildman–Crippen MR) is 196 cm³/mol. The average molecular weight is 761 g/mol. The van der Waals surface area contributed by atoms with E-state index in [1.165, 1.54) is 4.68 Å². The molecule has 0 aliphatic carbocycles. The van der Waals surface area contributed by atoms with Crippen molar-refractivity contribution in [2.75, 3.05) is 0 Å². The van der Waals surface area contributed by atoms with Crippen LogP contribution < -0.4 is 10.6 Å². The number of carbonyl (C=O) groups excluding carboxylic acids is 1. The second-order valence-corrected chi connectivity index (χ2v) is 14.5. The highest BCUT2D eigenvalue weighted by Gasteiger charge is 2.50. The van der Waals surface area contributed by atoms with E-state index >= 15 is 0 Å². The van der Waals surface area contributed by atoms with Crippen LogP contribution in [0.15, 0.2) is 91.0 Å². The number of benzene rings is 4. The molecule has 1 aliphatic heterocycles. The molecule has 1 amide bonds. The van der Waals surface area contributed by atoms with Crippen LogP contribution in [0, 0.1) is 29.1 Å². The van der Waals surface area contributed by atoms with E-state index in [0.717, 1.165) is 16.7 Å². The van der Waals surface area contributed by atoms with Gasteiger partial charge in [0.1, 0.15) is 6.54 Å². The van der Waals surface area contributed by atoms with Crippen LogP contribution in [0.2, 0.25) is 6.32 Å². The Morgan fingerprint density at radius 1 is 0.745 bits per heavy atom. The van der Waals surface area contributed by atoms with Gasteiger partial charge in [0.25, 0.3) is 0 Å². The van der Waals surface area contributed by atoms with Crippen LogP contribution in [-0.4, -0.2) is 44.4 Å². The topological polar surface area (TPSA) is 103 Å². The molecule has 6 rings (SSSR count). The van der Waals surface area contributed by atoms with E-state index in [9.17, 15) is 26.7 Å². The van der Waals surface area contributed by atoms with Gasteiger partial charge in [0, 0.05) is 12.1 Å². The van der Waals surface area contributed by atoms with Crippen LogP contribution in [0.3, 0.4) is 0 Å². The number of carbonyl (C=O) groups is 1. The van der Waals surface area contributed by atoms with E-state index in [1.54, 1.807) is 0 Å². The minimum Gasteiger partial charge on any atom is -0.403 e. The van der Waals surface area contributed by atoms with Crippen LogP contribution >= 0.6 is 0 Å². The molecule has 0 spiro atoms. The molecule has 0 radical (unpaired) electrons. The fourth-order valence-corrected chi connectivity index (χ4v) is 6.84. The van der Waals surface area contributed by atoms with Crippen molar-refractivity contribution in [2.45, 2.75) is 89.1 Å². The Bertz CT molecular complexity index is 1950. The molecule has 5 aromatic rings. The normalized spacial score (nSPS) is 15.6. The van der Waals surface area contributed by atoms with Gasteiger partial charge in [0.2, 0.25) is 11.7 Å². The number of hydrogen-bond donors (Lipinski definition) is 2. The lowest BCUT2D eigenvalue weighted by Crippen LogP contribution is -2.47. The third-order valence-electron chi connectivity index (χ3n) is 10.4. The lowest BCUT2D eigenvalue weighted by molar-refractivity contribution is -0.122. The first-order valence-corrected chi connectivity index (χ1v) is 18.1. The summed E-state index contributed by atoms with van der Waals surface area (Å²) in [4.78, 5) is 13.2. The Morgan fingerprint density at radius 3 is 1.71 bits per heavy atom. The van der Waals surface area contributed by atoms with Crippen molar-refractivity contribution >= 4 is 13.0 Å². The highest BCUT2D eigenvalue weighted by Crippen LogP contribution is 2.41. The van der Waals surface area contributed by atoms with Gasteiger partial charge >= 0.3 is 7.12 Å². The van der Waals surface area contributed by atoms with Gasteiger partial charge in [-0.2, -0.15) is 0 Å². The maximum absolute atomic E-state index is 14.4. The largest absolute Gasteiger partial charge is 0.457 e. The van der Waals surface area contributed by atoms with Crippen LogP contribution in [0.4, 0.5) is 22.0 Å². The first-order valence-electron chi connectivity index (χ1n) is 18.1. The first-order chi connectivity index (χ1) is 26.2. The Kier molecular flexibility index (Phi) is 11.8. The zero-order valence-corrected chi connectivity index (χ0v) is 31.0. The highest BCUT2D eigenvalue weighted by molar-refractivity contribution is 6.45. The summed E-state index contributed by atoms with van der Waals surface area (Å²) in [5, 5.41) is 18.5. The molecule has 15 heteroatoms. The third kappa shape index (κ3) is 8.19. The number of amides is 1. The predicted octanol–water partition coefficient (Wildman–Crippen LogP) is 7.57. The summed E-state index contributed by atoms with van der Waals surface area (Å²) >= 11 is 0. The molecule has 9 nitrogen and oxygen atoms in total. The summed E-state index contributed by atoms with van der Waals surface area (Å²) < 4.78 is 83.7. The Balaban J connectivity index is 1.32. The van der Waals surface area contributed by atoms with Gasteiger partial charge in [-0.1, -0.05) is 104 Å². The summed E-state index contributed by atoms with van der Waals surface area (Å²) in [6, 6.07) is 29.1. The Hall–Kier alpha value is -4.99. The van der Waals surface area contributed by atoms with E-state index in [2.05, 4.69) is 26.2 Å². The molecule has 4 aromatic carbocycles. The number of nitrogens with zero attached hydrogens (tertiary/aromatic N) is 4. The van der Waals surface area contributed by atoms with Crippen molar-refractivity contribution in [3.8, 4) is 0 Å². The standard InChI is InChI=1S/C40H42BF5N6O3/c1-38(2)39(3,4)55-41(54-38)23-15-14-22-30(37-49-50-51-52(37)25-31(53)47-24-29-32(42)34(44)36(46)35(45)33(29)43)48-40(26-16-8-5-9-17-26,27-18-10-6-11-19-27)28-20-12-7-13-21-28/h5-13,16-21,30,48H,14-15,22-25H2,1-4H3,(H,47,53). The van der Waals surface area contributed by atoms with Gasteiger partial charge in [-0.3, -0.25) is 10.1 Å². The van der Waals surface area contributed by atoms with Gasteiger partial charge in [0.05, 0.1) is 22.8 Å². The molecule has 2 heterocycles. The quantitative estimate of drug-likeness (QED) is 0.0284. The lowest BCUT2D eigenvalue weighted by atomic mass is 9.76. The molecule has 0 bridgehead atoms. The molecule has 2 N–H and O–H groups in total. The summed E-state index contributed by atoms with van der Waals surface area (Å²) in [7, 11) is -0.389. The van der Waals surface area contributed by atoms with E-state index < -0.39 is 76.4 Å². The van der Waals surface area contributed by atoms with Gasteiger partial charge in [-0.15, -0.1) is 5.10 Å². The molecule has 55 heavy (non-hydrogen) atoms.